The van der Waals surface area contributed by atoms with Crippen LogP contribution < -0.4 is 20.4 Å². The Morgan fingerprint density at radius 3 is 2.28 bits per heavy atom. The van der Waals surface area contributed by atoms with E-state index in [2.05, 4.69) is 45.0 Å². The third-order valence-corrected chi connectivity index (χ3v) is 6.47. The van der Waals surface area contributed by atoms with Crippen molar-refractivity contribution in [2.45, 2.75) is 6.54 Å². The Bertz CT molecular complexity index is 800. The third kappa shape index (κ3) is 4.70. The van der Waals surface area contributed by atoms with Crippen molar-refractivity contribution in [1.29, 1.82) is 0 Å². The molecule has 3 heterocycles. The van der Waals surface area contributed by atoms with Gasteiger partial charge in [0.25, 0.3) is 0 Å². The predicted octanol–water partition coefficient (Wildman–Crippen LogP) is 2.00. The molecule has 0 atom stereocenters. The van der Waals surface area contributed by atoms with Gasteiger partial charge in [-0.3, -0.25) is 4.90 Å². The van der Waals surface area contributed by atoms with Crippen LogP contribution in [-0.2, 0) is 6.54 Å². The lowest BCUT2D eigenvalue weighted by molar-refractivity contribution is 0.248. The fourth-order valence-electron chi connectivity index (χ4n) is 3.88. The van der Waals surface area contributed by atoms with Gasteiger partial charge in [0.15, 0.2) is 11.6 Å². The zero-order valence-electron chi connectivity index (χ0n) is 17.4. The number of aromatic nitrogens is 2. The first-order valence-corrected chi connectivity index (χ1v) is 11.5. The van der Waals surface area contributed by atoms with E-state index in [9.17, 15) is 0 Å². The Kier molecular flexibility index (Phi) is 6.30. The summed E-state index contributed by atoms with van der Waals surface area (Å²) in [6.45, 7) is 6.85. The molecule has 2 N–H and O–H groups in total. The zero-order valence-corrected chi connectivity index (χ0v) is 18.2. The van der Waals surface area contributed by atoms with Crippen molar-refractivity contribution in [3.63, 3.8) is 0 Å². The summed E-state index contributed by atoms with van der Waals surface area (Å²) in [6.07, 6.45) is 0. The molecule has 8 heteroatoms. The number of rotatable bonds is 5. The lowest BCUT2D eigenvalue weighted by Gasteiger charge is -2.36. The van der Waals surface area contributed by atoms with Crippen LogP contribution in [-0.4, -0.2) is 79.7 Å². The SMILES string of the molecule is CN(C)c1nc(N2CCN(Cc3ccccc3)CC2)nc(N2CCSCC2)c1N. The molecule has 1 aromatic heterocycles. The summed E-state index contributed by atoms with van der Waals surface area (Å²) in [4.78, 5) is 18.9. The van der Waals surface area contributed by atoms with E-state index < -0.39 is 0 Å². The summed E-state index contributed by atoms with van der Waals surface area (Å²) in [6, 6.07) is 10.7. The lowest BCUT2D eigenvalue weighted by Crippen LogP contribution is -2.47. The van der Waals surface area contributed by atoms with E-state index in [1.54, 1.807) is 0 Å². The fraction of sp³-hybridized carbons (Fsp3) is 0.524. The van der Waals surface area contributed by atoms with Crippen LogP contribution in [0.15, 0.2) is 30.3 Å². The molecule has 156 valence electrons. The van der Waals surface area contributed by atoms with Crippen LogP contribution in [0.4, 0.5) is 23.3 Å². The normalized spacial score (nSPS) is 18.1. The average molecular weight is 414 g/mol. The minimum atomic E-state index is 0.688. The van der Waals surface area contributed by atoms with Crippen molar-refractivity contribution >= 4 is 35.0 Å². The van der Waals surface area contributed by atoms with Gasteiger partial charge in [0.2, 0.25) is 5.95 Å². The van der Waals surface area contributed by atoms with Gasteiger partial charge in [-0.15, -0.1) is 0 Å². The highest BCUT2D eigenvalue weighted by Crippen LogP contribution is 2.33. The first kappa shape index (κ1) is 20.1. The average Bonchev–Trinajstić information content (AvgIpc) is 2.76. The van der Waals surface area contributed by atoms with Gasteiger partial charge in [-0.25, -0.2) is 0 Å². The van der Waals surface area contributed by atoms with Crippen LogP contribution in [0.1, 0.15) is 5.56 Å². The smallest absolute Gasteiger partial charge is 0.229 e. The molecule has 7 nitrogen and oxygen atoms in total. The van der Waals surface area contributed by atoms with Crippen molar-refractivity contribution in [3.8, 4) is 0 Å². The van der Waals surface area contributed by atoms with Crippen LogP contribution >= 0.6 is 11.8 Å². The number of benzene rings is 1. The maximum atomic E-state index is 6.48. The summed E-state index contributed by atoms with van der Waals surface area (Å²) in [5.74, 6) is 4.75. The van der Waals surface area contributed by atoms with Crippen molar-refractivity contribution in [2.24, 2.45) is 0 Å². The summed E-state index contributed by atoms with van der Waals surface area (Å²) in [7, 11) is 3.99. The van der Waals surface area contributed by atoms with Crippen LogP contribution in [0, 0.1) is 0 Å². The molecule has 0 radical (unpaired) electrons. The summed E-state index contributed by atoms with van der Waals surface area (Å²) < 4.78 is 0. The Hall–Kier alpha value is -2.19. The largest absolute Gasteiger partial charge is 0.393 e. The molecule has 0 aliphatic carbocycles. The maximum absolute atomic E-state index is 6.48. The van der Waals surface area contributed by atoms with Gasteiger partial charge in [0.05, 0.1) is 0 Å². The van der Waals surface area contributed by atoms with Gasteiger partial charge in [-0.2, -0.15) is 21.7 Å². The molecule has 1 aromatic carbocycles. The molecule has 2 fully saturated rings. The molecular formula is C21H31N7S. The number of anilines is 4. The van der Waals surface area contributed by atoms with Crippen molar-refractivity contribution < 1.29 is 0 Å². The second kappa shape index (κ2) is 9.09. The summed E-state index contributed by atoms with van der Waals surface area (Å²) in [5, 5.41) is 0. The van der Waals surface area contributed by atoms with Crippen LogP contribution in [0.25, 0.3) is 0 Å². The fourth-order valence-corrected chi connectivity index (χ4v) is 4.78. The number of nitrogens with two attached hydrogens (primary N) is 1. The lowest BCUT2D eigenvalue weighted by atomic mass is 10.2. The van der Waals surface area contributed by atoms with Crippen LogP contribution in [0.5, 0.6) is 0 Å². The first-order chi connectivity index (χ1) is 14.1. The Morgan fingerprint density at radius 1 is 0.931 bits per heavy atom. The van der Waals surface area contributed by atoms with Gasteiger partial charge in [-0.1, -0.05) is 30.3 Å². The highest BCUT2D eigenvalue weighted by molar-refractivity contribution is 7.99. The molecular weight excluding hydrogens is 382 g/mol. The monoisotopic (exact) mass is 413 g/mol. The topological polar surface area (TPSA) is 64.8 Å². The van der Waals surface area contributed by atoms with E-state index in [-0.39, 0.29) is 0 Å². The minimum Gasteiger partial charge on any atom is -0.393 e. The highest BCUT2D eigenvalue weighted by Gasteiger charge is 2.25. The van der Waals surface area contributed by atoms with E-state index in [4.69, 9.17) is 15.7 Å². The molecule has 2 saturated heterocycles. The molecule has 0 unspecified atom stereocenters. The van der Waals surface area contributed by atoms with Gasteiger partial charge in [-0.05, 0) is 5.56 Å². The number of nitrogens with zero attached hydrogens (tertiary/aromatic N) is 6. The zero-order chi connectivity index (χ0) is 20.2. The first-order valence-electron chi connectivity index (χ1n) is 10.3. The van der Waals surface area contributed by atoms with E-state index in [0.717, 1.165) is 74.9 Å². The summed E-state index contributed by atoms with van der Waals surface area (Å²) >= 11 is 1.99. The number of hydrogen-bond acceptors (Lipinski definition) is 8. The molecule has 0 saturated carbocycles. The molecule has 2 aliphatic heterocycles. The van der Waals surface area contributed by atoms with E-state index in [0.29, 0.717) is 5.69 Å². The Balaban J connectivity index is 1.50. The second-order valence-corrected chi connectivity index (χ2v) is 9.05. The second-order valence-electron chi connectivity index (χ2n) is 7.83. The number of nitrogen functional groups attached to an aromatic ring is 1. The number of thioether (sulfide) groups is 1. The van der Waals surface area contributed by atoms with Crippen LogP contribution in [0.2, 0.25) is 0 Å². The van der Waals surface area contributed by atoms with Gasteiger partial charge in [0.1, 0.15) is 5.69 Å². The summed E-state index contributed by atoms with van der Waals surface area (Å²) in [5.41, 5.74) is 8.53. The number of piperazine rings is 1. The Morgan fingerprint density at radius 2 is 1.62 bits per heavy atom. The van der Waals surface area contributed by atoms with Gasteiger partial charge < -0.3 is 20.4 Å². The molecule has 2 aromatic rings. The minimum absolute atomic E-state index is 0.688. The van der Waals surface area contributed by atoms with E-state index in [1.165, 1.54) is 5.56 Å². The predicted molar refractivity (Wildman–Crippen MR) is 124 cm³/mol. The molecule has 4 rings (SSSR count). The molecule has 0 spiro atoms. The van der Waals surface area contributed by atoms with Gasteiger partial charge in [0, 0.05) is 71.4 Å². The quantitative estimate of drug-likeness (QED) is 0.799. The van der Waals surface area contributed by atoms with E-state index in [1.807, 2.05) is 30.8 Å². The molecule has 29 heavy (non-hydrogen) atoms. The van der Waals surface area contributed by atoms with Crippen LogP contribution in [0.3, 0.4) is 0 Å². The van der Waals surface area contributed by atoms with Crippen molar-refractivity contribution in [1.82, 2.24) is 14.9 Å². The third-order valence-electron chi connectivity index (χ3n) is 5.53. The van der Waals surface area contributed by atoms with Gasteiger partial charge >= 0.3 is 0 Å². The number of hydrogen-bond donors (Lipinski definition) is 1. The van der Waals surface area contributed by atoms with E-state index >= 15 is 0 Å². The Labute approximate surface area is 177 Å². The van der Waals surface area contributed by atoms with Crippen molar-refractivity contribution in [3.05, 3.63) is 35.9 Å². The van der Waals surface area contributed by atoms with Crippen molar-refractivity contribution in [2.75, 3.05) is 85.3 Å². The highest BCUT2D eigenvalue weighted by atomic mass is 32.2. The maximum Gasteiger partial charge on any atom is 0.229 e. The standard InChI is InChI=1S/C21H31N7S/c1-25(2)19-18(22)20(27-12-14-29-15-13-27)24-21(23-19)28-10-8-26(9-11-28)16-17-6-4-3-5-7-17/h3-7H,8-16,22H2,1-2H3. The molecule has 0 amide bonds. The molecule has 0 bridgehead atoms. The molecule has 2 aliphatic rings.